The molecule has 0 fully saturated rings. The van der Waals surface area contributed by atoms with Gasteiger partial charge in [-0.05, 0) is 51.9 Å². The number of ether oxygens (including phenoxy) is 1. The molecule has 3 N–H and O–H groups in total. The predicted molar refractivity (Wildman–Crippen MR) is 200 cm³/mol. The van der Waals surface area contributed by atoms with Gasteiger partial charge in [-0.3, -0.25) is 0 Å². The van der Waals surface area contributed by atoms with Gasteiger partial charge < -0.3 is 20.0 Å². The van der Waals surface area contributed by atoms with Gasteiger partial charge in [-0.25, -0.2) is 10.3 Å². The maximum Gasteiger partial charge on any atom is 0.407 e. The molecule has 0 aliphatic rings. The molecule has 0 atom stereocenters. The molecule has 0 aromatic heterocycles. The summed E-state index contributed by atoms with van der Waals surface area (Å²) in [5.74, 6) is 0.608. The number of hydroxylamine groups is 1. The first-order chi connectivity index (χ1) is 22.4. The fraction of sp³-hybridized carbons (Fsp3) is 0.975. The minimum Gasteiger partial charge on any atom is -0.446 e. The van der Waals surface area contributed by atoms with Crippen LogP contribution < -0.4 is 10.8 Å². The number of rotatable bonds is 34. The number of nitrogens with one attached hydrogen (secondary N) is 2. The van der Waals surface area contributed by atoms with Crippen LogP contribution in [0.1, 0.15) is 215 Å². The molecule has 0 aliphatic carbocycles. The summed E-state index contributed by atoms with van der Waals surface area (Å²) >= 11 is 0. The molecule has 0 heterocycles. The molecule has 0 bridgehead atoms. The van der Waals surface area contributed by atoms with Gasteiger partial charge in [0.1, 0.15) is 6.10 Å². The van der Waals surface area contributed by atoms with Crippen LogP contribution in [-0.4, -0.2) is 43.1 Å². The summed E-state index contributed by atoms with van der Waals surface area (Å²) in [4.78, 5) is 17.3. The third kappa shape index (κ3) is 43.1. The number of carbonyl (C=O) groups is 1. The van der Waals surface area contributed by atoms with E-state index in [0.29, 0.717) is 24.9 Å². The fourth-order valence-corrected chi connectivity index (χ4v) is 5.53. The number of hydrogen-bond donors (Lipinski definition) is 3. The number of aliphatic hydroxyl groups excluding tert-OH is 1. The van der Waals surface area contributed by atoms with Crippen molar-refractivity contribution >= 4 is 6.09 Å². The quantitative estimate of drug-likeness (QED) is 0.0474. The standard InChI is InChI=1S/C33H67NO3.C7H17NO/c1-3-5-7-9-11-13-15-17-19-21-23-25-28-32(37-33(36)34-30-27-31-35)29-26-24-22-20-18-16-14-12-10-8-6-4-2;1-6(2)5-9-8-7(3)4/h32,35H,3-31H2,1-2H3,(H,34,36);6-8H,5H2,1-4H3. The van der Waals surface area contributed by atoms with E-state index in [1.165, 1.54) is 141 Å². The molecule has 0 unspecified atom stereocenters. The van der Waals surface area contributed by atoms with Gasteiger partial charge in [0.15, 0.2) is 0 Å². The number of unbranched alkanes of at least 4 members (excludes halogenated alkanes) is 22. The van der Waals surface area contributed by atoms with Crippen molar-refractivity contribution in [1.82, 2.24) is 10.8 Å². The highest BCUT2D eigenvalue weighted by atomic mass is 16.6. The lowest BCUT2D eigenvalue weighted by atomic mass is 10.0. The van der Waals surface area contributed by atoms with E-state index in [-0.39, 0.29) is 18.8 Å². The molecule has 0 aromatic carbocycles. The van der Waals surface area contributed by atoms with Gasteiger partial charge in [0.05, 0.1) is 6.61 Å². The Hall–Kier alpha value is -0.850. The summed E-state index contributed by atoms with van der Waals surface area (Å²) in [6, 6.07) is 0.420. The first kappa shape index (κ1) is 47.3. The van der Waals surface area contributed by atoms with Gasteiger partial charge >= 0.3 is 6.09 Å². The maximum atomic E-state index is 12.2. The summed E-state index contributed by atoms with van der Waals surface area (Å²) in [6.45, 7) is 14.3. The predicted octanol–water partition coefficient (Wildman–Crippen LogP) is 12.2. The molecule has 0 aliphatic heterocycles. The Kier molecular flexibility index (Phi) is 41.4. The largest absolute Gasteiger partial charge is 0.446 e. The zero-order valence-corrected chi connectivity index (χ0v) is 32.1. The molecule has 1 amide bonds. The Bertz CT molecular complexity index is 537. The van der Waals surface area contributed by atoms with E-state index in [9.17, 15) is 4.79 Å². The monoisotopic (exact) mass is 657 g/mol. The number of amides is 1. The second-order valence-corrected chi connectivity index (χ2v) is 14.4. The molecule has 0 rings (SSSR count). The van der Waals surface area contributed by atoms with Crippen molar-refractivity contribution in [2.45, 2.75) is 227 Å². The van der Waals surface area contributed by atoms with Crippen LogP contribution in [0.5, 0.6) is 0 Å². The Balaban J connectivity index is 0. The Morgan fingerprint density at radius 3 is 1.26 bits per heavy atom. The first-order valence-electron chi connectivity index (χ1n) is 20.3. The summed E-state index contributed by atoms with van der Waals surface area (Å²) in [5.41, 5.74) is 2.88. The van der Waals surface area contributed by atoms with E-state index in [0.717, 1.165) is 32.3 Å². The second-order valence-electron chi connectivity index (χ2n) is 14.4. The molecular weight excluding hydrogens is 572 g/mol. The lowest BCUT2D eigenvalue weighted by Gasteiger charge is -2.18. The van der Waals surface area contributed by atoms with Crippen LogP contribution in [0.4, 0.5) is 4.79 Å². The number of aliphatic hydroxyl groups is 1. The summed E-state index contributed by atoms with van der Waals surface area (Å²) in [6.07, 6.45) is 34.7. The number of carbonyl (C=O) groups excluding carboxylic acids is 1. The summed E-state index contributed by atoms with van der Waals surface area (Å²) in [5, 5.41) is 11.7. The smallest absolute Gasteiger partial charge is 0.407 e. The fourth-order valence-electron chi connectivity index (χ4n) is 5.53. The molecule has 0 saturated heterocycles. The van der Waals surface area contributed by atoms with Crippen LogP contribution in [0.3, 0.4) is 0 Å². The van der Waals surface area contributed by atoms with Crippen LogP contribution in [0, 0.1) is 5.92 Å². The molecule has 278 valence electrons. The van der Waals surface area contributed by atoms with Crippen LogP contribution in [-0.2, 0) is 9.57 Å². The average Bonchev–Trinajstić information content (AvgIpc) is 3.02. The Morgan fingerprint density at radius 1 is 0.565 bits per heavy atom. The molecule has 0 radical (unpaired) electrons. The first-order valence-corrected chi connectivity index (χ1v) is 20.3. The van der Waals surface area contributed by atoms with Crippen LogP contribution in [0.2, 0.25) is 0 Å². The van der Waals surface area contributed by atoms with Crippen molar-refractivity contribution in [3.63, 3.8) is 0 Å². The van der Waals surface area contributed by atoms with E-state index in [1.54, 1.807) is 0 Å². The van der Waals surface area contributed by atoms with Gasteiger partial charge in [-0.15, -0.1) is 0 Å². The third-order valence-electron chi connectivity index (χ3n) is 8.37. The zero-order chi connectivity index (χ0) is 34.4. The minimum absolute atomic E-state index is 0.0420. The minimum atomic E-state index is -0.309. The van der Waals surface area contributed by atoms with Crippen molar-refractivity contribution < 1.29 is 19.5 Å². The van der Waals surface area contributed by atoms with Crippen molar-refractivity contribution in [1.29, 1.82) is 0 Å². The van der Waals surface area contributed by atoms with Crippen LogP contribution >= 0.6 is 0 Å². The summed E-state index contributed by atoms with van der Waals surface area (Å²) in [7, 11) is 0. The molecular formula is C40H84N2O4. The highest BCUT2D eigenvalue weighted by molar-refractivity contribution is 5.67. The Labute approximate surface area is 288 Å². The average molecular weight is 657 g/mol. The molecule has 0 saturated carbocycles. The lowest BCUT2D eigenvalue weighted by Crippen LogP contribution is -2.30. The van der Waals surface area contributed by atoms with Gasteiger partial charge in [0, 0.05) is 19.2 Å². The molecule has 6 heteroatoms. The normalized spacial score (nSPS) is 11.3. The summed E-state index contributed by atoms with van der Waals surface area (Å²) < 4.78 is 5.77. The van der Waals surface area contributed by atoms with Gasteiger partial charge in [-0.2, -0.15) is 0 Å². The van der Waals surface area contributed by atoms with E-state index < -0.39 is 0 Å². The van der Waals surface area contributed by atoms with E-state index >= 15 is 0 Å². The molecule has 46 heavy (non-hydrogen) atoms. The number of alkyl carbamates (subject to hydrolysis) is 1. The van der Waals surface area contributed by atoms with E-state index in [1.807, 2.05) is 0 Å². The lowest BCUT2D eigenvalue weighted by molar-refractivity contribution is 0.00827. The maximum absolute atomic E-state index is 12.2. The van der Waals surface area contributed by atoms with Gasteiger partial charge in [-0.1, -0.05) is 169 Å². The van der Waals surface area contributed by atoms with Crippen LogP contribution in [0.25, 0.3) is 0 Å². The van der Waals surface area contributed by atoms with E-state index in [4.69, 9.17) is 14.7 Å². The molecule has 0 aromatic rings. The molecule has 0 spiro atoms. The van der Waals surface area contributed by atoms with Gasteiger partial charge in [0.2, 0.25) is 0 Å². The van der Waals surface area contributed by atoms with E-state index in [2.05, 4.69) is 52.3 Å². The second kappa shape index (κ2) is 40.3. The topological polar surface area (TPSA) is 79.8 Å². The van der Waals surface area contributed by atoms with Crippen molar-refractivity contribution in [3.05, 3.63) is 0 Å². The highest BCUT2D eigenvalue weighted by Crippen LogP contribution is 2.18. The highest BCUT2D eigenvalue weighted by Gasteiger charge is 2.14. The molecule has 6 nitrogen and oxygen atoms in total. The van der Waals surface area contributed by atoms with Gasteiger partial charge in [0.25, 0.3) is 0 Å². The van der Waals surface area contributed by atoms with Crippen molar-refractivity contribution in [2.24, 2.45) is 5.92 Å². The Morgan fingerprint density at radius 2 is 0.935 bits per heavy atom. The van der Waals surface area contributed by atoms with Crippen LogP contribution in [0.15, 0.2) is 0 Å². The zero-order valence-electron chi connectivity index (χ0n) is 32.1. The number of hydrogen-bond acceptors (Lipinski definition) is 5. The third-order valence-corrected chi connectivity index (χ3v) is 8.37. The SMILES string of the molecule is CC(C)CONC(C)C.CCCCCCCCCCCCCCC(CCCCCCCCCCCCCC)OC(=O)NCCCO. The van der Waals surface area contributed by atoms with Crippen molar-refractivity contribution in [2.75, 3.05) is 19.8 Å². The van der Waals surface area contributed by atoms with Crippen molar-refractivity contribution in [3.8, 4) is 0 Å².